The molecular weight excluding hydrogens is 421 g/mol. The number of amides is 1. The van der Waals surface area contributed by atoms with Gasteiger partial charge in [-0.15, -0.1) is 24.8 Å². The van der Waals surface area contributed by atoms with E-state index in [4.69, 9.17) is 22.1 Å². The summed E-state index contributed by atoms with van der Waals surface area (Å²) in [5, 5.41) is 3.42. The fourth-order valence-corrected chi connectivity index (χ4v) is 4.52. The molecule has 3 N–H and O–H groups in total. The van der Waals surface area contributed by atoms with Gasteiger partial charge in [-0.25, -0.2) is 0 Å². The van der Waals surface area contributed by atoms with Crippen LogP contribution in [0.3, 0.4) is 0 Å². The highest BCUT2D eigenvalue weighted by Gasteiger charge is 2.49. The molecule has 4 atom stereocenters. The molecule has 0 aliphatic heterocycles. The standard InChI is InChI=1S/C20H22ClN3O2.2ClH/c21-16-10-14(6-7-17(16)26-11-15-3-1-2-8-23-15)24-20(25)18-12-4-5-13(9-12)19(18)22;;/h1-3,6-8,10,12-13,18-19H,4-5,9,11,22H2,(H,24,25);2*1H. The smallest absolute Gasteiger partial charge is 0.229 e. The lowest BCUT2D eigenvalue weighted by Crippen LogP contribution is -2.42. The van der Waals surface area contributed by atoms with Crippen LogP contribution in [0, 0.1) is 17.8 Å². The molecule has 8 heteroatoms. The van der Waals surface area contributed by atoms with Crippen molar-refractivity contribution in [3.63, 3.8) is 0 Å². The van der Waals surface area contributed by atoms with E-state index in [0.717, 1.165) is 25.0 Å². The molecular formula is C20H24Cl3N3O2. The lowest BCUT2D eigenvalue weighted by Gasteiger charge is -2.27. The van der Waals surface area contributed by atoms with Gasteiger partial charge in [-0.3, -0.25) is 9.78 Å². The zero-order valence-corrected chi connectivity index (χ0v) is 17.6. The first-order valence-corrected chi connectivity index (χ1v) is 9.38. The number of nitrogens with zero attached hydrogens (tertiary/aromatic N) is 1. The number of benzene rings is 1. The maximum atomic E-state index is 12.6. The van der Waals surface area contributed by atoms with Gasteiger partial charge in [0.15, 0.2) is 0 Å². The highest BCUT2D eigenvalue weighted by molar-refractivity contribution is 6.32. The molecule has 2 aliphatic rings. The highest BCUT2D eigenvalue weighted by atomic mass is 35.5. The molecule has 1 aromatic heterocycles. The summed E-state index contributed by atoms with van der Waals surface area (Å²) < 4.78 is 5.71. The van der Waals surface area contributed by atoms with Gasteiger partial charge in [-0.2, -0.15) is 0 Å². The average Bonchev–Trinajstić information content (AvgIpc) is 3.23. The largest absolute Gasteiger partial charge is 0.486 e. The SMILES string of the molecule is Cl.Cl.NC1C2CCC(C2)C1C(=O)Nc1ccc(OCc2ccccn2)c(Cl)c1. The highest BCUT2D eigenvalue weighted by Crippen LogP contribution is 2.48. The Labute approximate surface area is 182 Å². The van der Waals surface area contributed by atoms with E-state index in [9.17, 15) is 4.79 Å². The number of aromatic nitrogens is 1. The first-order chi connectivity index (χ1) is 12.6. The van der Waals surface area contributed by atoms with Crippen LogP contribution in [0.15, 0.2) is 42.6 Å². The maximum Gasteiger partial charge on any atom is 0.229 e. The van der Waals surface area contributed by atoms with E-state index in [2.05, 4.69) is 10.3 Å². The second kappa shape index (κ2) is 9.79. The number of ether oxygens (including phenoxy) is 1. The number of hydrogen-bond donors (Lipinski definition) is 2. The second-order valence-corrected chi connectivity index (χ2v) is 7.59. The Hall–Kier alpha value is -1.53. The second-order valence-electron chi connectivity index (χ2n) is 7.18. The minimum atomic E-state index is -0.0902. The number of fused-ring (bicyclic) bond motifs is 2. The summed E-state index contributed by atoms with van der Waals surface area (Å²) in [7, 11) is 0. The van der Waals surface area contributed by atoms with E-state index in [1.54, 1.807) is 24.4 Å². The fraction of sp³-hybridized carbons (Fsp3) is 0.400. The van der Waals surface area contributed by atoms with Crippen LogP contribution in [0.5, 0.6) is 5.75 Å². The first-order valence-electron chi connectivity index (χ1n) is 9.00. The molecule has 28 heavy (non-hydrogen) atoms. The molecule has 1 heterocycles. The number of hydrogen-bond acceptors (Lipinski definition) is 4. The molecule has 4 rings (SSSR count). The molecule has 2 aliphatic carbocycles. The van der Waals surface area contributed by atoms with Crippen molar-refractivity contribution >= 4 is 48.0 Å². The van der Waals surface area contributed by atoms with E-state index >= 15 is 0 Å². The summed E-state index contributed by atoms with van der Waals surface area (Å²) in [5.74, 6) is 1.40. The molecule has 0 spiro atoms. The summed E-state index contributed by atoms with van der Waals surface area (Å²) in [6, 6.07) is 10.9. The molecule has 5 nitrogen and oxygen atoms in total. The Balaban J connectivity index is 0.00000140. The van der Waals surface area contributed by atoms with Crippen LogP contribution in [-0.4, -0.2) is 16.9 Å². The van der Waals surface area contributed by atoms with Crippen molar-refractivity contribution in [1.82, 2.24) is 4.98 Å². The third-order valence-electron chi connectivity index (χ3n) is 5.58. The normalized spacial score (nSPS) is 24.8. The maximum absolute atomic E-state index is 12.6. The Kier molecular flexibility index (Phi) is 7.96. The molecule has 152 valence electrons. The first kappa shape index (κ1) is 22.8. The zero-order chi connectivity index (χ0) is 18.1. The third kappa shape index (κ3) is 4.71. The number of anilines is 1. The topological polar surface area (TPSA) is 77.2 Å². The number of rotatable bonds is 5. The van der Waals surface area contributed by atoms with Gasteiger partial charge in [0.05, 0.1) is 16.6 Å². The van der Waals surface area contributed by atoms with Crippen LogP contribution in [0.25, 0.3) is 0 Å². The predicted octanol–water partition coefficient (Wildman–Crippen LogP) is 4.47. The molecule has 2 saturated carbocycles. The van der Waals surface area contributed by atoms with Gasteiger partial charge in [0.25, 0.3) is 0 Å². The Morgan fingerprint density at radius 2 is 2.00 bits per heavy atom. The molecule has 1 amide bonds. The number of carbonyl (C=O) groups is 1. The number of halogens is 3. The van der Waals surface area contributed by atoms with E-state index in [-0.39, 0.29) is 42.7 Å². The summed E-state index contributed by atoms with van der Waals surface area (Å²) in [6.45, 7) is 0.340. The van der Waals surface area contributed by atoms with Gasteiger partial charge in [-0.1, -0.05) is 17.7 Å². The van der Waals surface area contributed by atoms with Crippen LogP contribution in [-0.2, 0) is 11.4 Å². The summed E-state index contributed by atoms with van der Waals surface area (Å²) in [5.41, 5.74) is 7.75. The summed E-state index contributed by atoms with van der Waals surface area (Å²) in [6.07, 6.45) is 5.07. The van der Waals surface area contributed by atoms with Gasteiger partial charge < -0.3 is 15.8 Å². The van der Waals surface area contributed by atoms with Crippen molar-refractivity contribution in [2.75, 3.05) is 5.32 Å². The Bertz CT molecular complexity index is 805. The fourth-order valence-electron chi connectivity index (χ4n) is 4.28. The monoisotopic (exact) mass is 443 g/mol. The quantitative estimate of drug-likeness (QED) is 0.713. The van der Waals surface area contributed by atoms with Crippen molar-refractivity contribution in [3.05, 3.63) is 53.3 Å². The van der Waals surface area contributed by atoms with Crippen LogP contribution in [0.1, 0.15) is 25.0 Å². The van der Waals surface area contributed by atoms with Gasteiger partial charge in [-0.05, 0) is 61.4 Å². The van der Waals surface area contributed by atoms with E-state index in [1.807, 2.05) is 18.2 Å². The number of pyridine rings is 1. The van der Waals surface area contributed by atoms with Crippen LogP contribution < -0.4 is 15.8 Å². The van der Waals surface area contributed by atoms with Crippen molar-refractivity contribution in [1.29, 1.82) is 0 Å². The third-order valence-corrected chi connectivity index (χ3v) is 5.88. The van der Waals surface area contributed by atoms with Gasteiger partial charge in [0.2, 0.25) is 5.91 Å². The minimum absolute atomic E-state index is 0. The molecule has 2 fully saturated rings. The summed E-state index contributed by atoms with van der Waals surface area (Å²) in [4.78, 5) is 16.9. The average molecular weight is 445 g/mol. The Morgan fingerprint density at radius 1 is 1.21 bits per heavy atom. The van der Waals surface area contributed by atoms with Crippen LogP contribution >= 0.6 is 36.4 Å². The molecule has 0 saturated heterocycles. The minimum Gasteiger partial charge on any atom is -0.486 e. The summed E-state index contributed by atoms with van der Waals surface area (Å²) >= 11 is 6.31. The van der Waals surface area contributed by atoms with E-state index in [0.29, 0.717) is 34.9 Å². The van der Waals surface area contributed by atoms with E-state index in [1.165, 1.54) is 0 Å². The van der Waals surface area contributed by atoms with Crippen LogP contribution in [0.2, 0.25) is 5.02 Å². The van der Waals surface area contributed by atoms with Gasteiger partial charge in [0, 0.05) is 17.9 Å². The molecule has 2 aromatic rings. The predicted molar refractivity (Wildman–Crippen MR) is 115 cm³/mol. The van der Waals surface area contributed by atoms with Crippen molar-refractivity contribution in [3.8, 4) is 5.75 Å². The molecule has 0 radical (unpaired) electrons. The van der Waals surface area contributed by atoms with Crippen LogP contribution in [0.4, 0.5) is 5.69 Å². The number of nitrogens with one attached hydrogen (secondary N) is 1. The molecule has 2 bridgehead atoms. The molecule has 1 aromatic carbocycles. The number of nitrogens with two attached hydrogens (primary N) is 1. The molecule has 4 unspecified atom stereocenters. The van der Waals surface area contributed by atoms with Gasteiger partial charge >= 0.3 is 0 Å². The van der Waals surface area contributed by atoms with Crippen molar-refractivity contribution < 1.29 is 9.53 Å². The van der Waals surface area contributed by atoms with Crippen molar-refractivity contribution in [2.45, 2.75) is 31.9 Å². The van der Waals surface area contributed by atoms with Crippen molar-refractivity contribution in [2.24, 2.45) is 23.5 Å². The zero-order valence-electron chi connectivity index (χ0n) is 15.2. The van der Waals surface area contributed by atoms with E-state index < -0.39 is 0 Å². The Morgan fingerprint density at radius 3 is 2.64 bits per heavy atom. The lowest BCUT2D eigenvalue weighted by atomic mass is 9.84. The lowest BCUT2D eigenvalue weighted by molar-refractivity contribution is -0.121. The number of carbonyl (C=O) groups excluding carboxylic acids is 1. The van der Waals surface area contributed by atoms with Gasteiger partial charge in [0.1, 0.15) is 12.4 Å².